The quantitative estimate of drug-likeness (QED) is 0.404. The first-order valence-corrected chi connectivity index (χ1v) is 9.72. The highest BCUT2D eigenvalue weighted by atomic mass is 32.3. The lowest BCUT2D eigenvalue weighted by Gasteiger charge is -2.37. The first-order chi connectivity index (χ1) is 10.7. The van der Waals surface area contributed by atoms with E-state index in [0.29, 0.717) is 6.42 Å². The minimum atomic E-state index is -4.20. The highest BCUT2D eigenvalue weighted by molar-refractivity contribution is 7.80. The van der Waals surface area contributed by atoms with Crippen LogP contribution in [-0.4, -0.2) is 72.4 Å². The molecular weight excluding hydrogens is 346 g/mol. The fourth-order valence-electron chi connectivity index (χ4n) is 1.86. The van der Waals surface area contributed by atoms with E-state index in [1.807, 2.05) is 6.92 Å². The number of rotatable bonds is 7. The monoisotopic (exact) mass is 376 g/mol. The number of ether oxygens (including phenoxy) is 1. The predicted molar refractivity (Wildman–Crippen MR) is 87.8 cm³/mol. The molecule has 10 heteroatoms. The molecule has 8 nitrogen and oxygen atoms in total. The standard InChI is InChI=1S/C9H20NO.C4H10O4S.O2S/c1-3-4-5-10(2)6-8-11-9-7-10;1-2-3-4-8-9(5,6)7;1-3-2/h3-9H2,1-2H3;2-4H2,1H3,(H,5,6,7);/q+1;;. The van der Waals surface area contributed by atoms with Crippen LogP contribution < -0.4 is 0 Å². The van der Waals surface area contributed by atoms with Crippen LogP contribution in [0, 0.1) is 0 Å². The maximum Gasteiger partial charge on any atom is 0.397 e. The van der Waals surface area contributed by atoms with E-state index in [1.165, 1.54) is 37.0 Å². The molecule has 0 bridgehead atoms. The van der Waals surface area contributed by atoms with Gasteiger partial charge in [0.05, 0.1) is 33.4 Å². The maximum absolute atomic E-state index is 9.84. The van der Waals surface area contributed by atoms with Crippen LogP contribution in [0.5, 0.6) is 0 Å². The van der Waals surface area contributed by atoms with Gasteiger partial charge in [0.2, 0.25) is 0 Å². The Bertz CT molecular complexity index is 403. The van der Waals surface area contributed by atoms with Gasteiger partial charge < -0.3 is 9.22 Å². The van der Waals surface area contributed by atoms with Crippen molar-refractivity contribution in [2.24, 2.45) is 0 Å². The zero-order valence-electron chi connectivity index (χ0n) is 14.2. The summed E-state index contributed by atoms with van der Waals surface area (Å²) in [5.41, 5.74) is 0. The van der Waals surface area contributed by atoms with Gasteiger partial charge in [-0.15, -0.1) is 0 Å². The van der Waals surface area contributed by atoms with E-state index in [4.69, 9.17) is 17.7 Å². The normalized spacial score (nSPS) is 16.3. The van der Waals surface area contributed by atoms with E-state index < -0.39 is 22.0 Å². The summed E-state index contributed by atoms with van der Waals surface area (Å²) in [5, 5.41) is 0. The van der Waals surface area contributed by atoms with Crippen molar-refractivity contribution in [1.82, 2.24) is 0 Å². The molecular formula is C13H30NO7S2+. The molecule has 0 aliphatic carbocycles. The van der Waals surface area contributed by atoms with Crippen LogP contribution in [0.25, 0.3) is 0 Å². The number of hydrogen-bond donors (Lipinski definition) is 1. The van der Waals surface area contributed by atoms with Crippen molar-refractivity contribution >= 4 is 22.0 Å². The Kier molecular flexibility index (Phi) is 16.4. The number of unbranched alkanes of at least 4 members (excludes halogenated alkanes) is 2. The van der Waals surface area contributed by atoms with Gasteiger partial charge in [-0.2, -0.15) is 16.8 Å². The summed E-state index contributed by atoms with van der Waals surface area (Å²) in [6.45, 7) is 9.88. The minimum Gasteiger partial charge on any atom is -0.370 e. The number of morpholine rings is 1. The zero-order chi connectivity index (χ0) is 18.2. The predicted octanol–water partition coefficient (Wildman–Crippen LogP) is 1.20. The Morgan fingerprint density at radius 2 is 1.61 bits per heavy atom. The lowest BCUT2D eigenvalue weighted by atomic mass is 10.2. The van der Waals surface area contributed by atoms with Crippen LogP contribution in [0.1, 0.15) is 39.5 Å². The molecule has 23 heavy (non-hydrogen) atoms. The fourth-order valence-corrected chi connectivity index (χ4v) is 2.18. The van der Waals surface area contributed by atoms with Gasteiger partial charge in [-0.05, 0) is 12.8 Å². The second kappa shape index (κ2) is 15.2. The highest BCUT2D eigenvalue weighted by Crippen LogP contribution is 2.09. The second-order valence-electron chi connectivity index (χ2n) is 5.43. The molecule has 1 saturated heterocycles. The van der Waals surface area contributed by atoms with Crippen molar-refractivity contribution in [3.63, 3.8) is 0 Å². The first-order valence-electron chi connectivity index (χ1n) is 7.69. The van der Waals surface area contributed by atoms with Gasteiger partial charge in [0.25, 0.3) is 0 Å². The fraction of sp³-hybridized carbons (Fsp3) is 1.00. The number of likely N-dealkylation sites (N-methyl/N-ethyl adjacent to an activating group) is 1. The Labute approximate surface area is 143 Å². The molecule has 0 spiro atoms. The van der Waals surface area contributed by atoms with Gasteiger partial charge in [-0.1, -0.05) is 26.7 Å². The third-order valence-electron chi connectivity index (χ3n) is 3.33. The van der Waals surface area contributed by atoms with E-state index in [-0.39, 0.29) is 6.61 Å². The van der Waals surface area contributed by atoms with Gasteiger partial charge in [0, 0.05) is 0 Å². The third-order valence-corrected chi connectivity index (χ3v) is 3.80. The van der Waals surface area contributed by atoms with Crippen molar-refractivity contribution in [3.8, 4) is 0 Å². The molecule has 0 unspecified atom stereocenters. The largest absolute Gasteiger partial charge is 0.397 e. The van der Waals surface area contributed by atoms with Gasteiger partial charge in [0.15, 0.2) is 0 Å². The van der Waals surface area contributed by atoms with E-state index in [1.54, 1.807) is 0 Å². The van der Waals surface area contributed by atoms with Crippen LogP contribution in [0.3, 0.4) is 0 Å². The van der Waals surface area contributed by atoms with Gasteiger partial charge in [0.1, 0.15) is 13.1 Å². The lowest BCUT2D eigenvalue weighted by Crippen LogP contribution is -2.52. The molecule has 0 aromatic rings. The SMILES string of the molecule is CCCCOS(=O)(=O)O.CCCC[N+]1(C)CCOCC1.O=S=O. The first kappa shape index (κ1) is 24.9. The molecule has 0 aromatic carbocycles. The average molecular weight is 377 g/mol. The molecule has 1 aliphatic rings. The van der Waals surface area contributed by atoms with E-state index in [2.05, 4.69) is 18.2 Å². The summed E-state index contributed by atoms with van der Waals surface area (Å²) in [4.78, 5) is 0. The molecule has 0 atom stereocenters. The summed E-state index contributed by atoms with van der Waals surface area (Å²) in [6, 6.07) is 0. The molecule has 1 N–H and O–H groups in total. The van der Waals surface area contributed by atoms with Gasteiger partial charge in [-0.25, -0.2) is 4.18 Å². The van der Waals surface area contributed by atoms with Crippen molar-refractivity contribution < 1.29 is 34.8 Å². The van der Waals surface area contributed by atoms with Gasteiger partial charge in [-0.3, -0.25) is 4.55 Å². The molecule has 1 rings (SSSR count). The summed E-state index contributed by atoms with van der Waals surface area (Å²) in [6.07, 6.45) is 4.15. The van der Waals surface area contributed by atoms with Gasteiger partial charge >= 0.3 is 22.0 Å². The summed E-state index contributed by atoms with van der Waals surface area (Å²) >= 11 is -0.750. The smallest absolute Gasteiger partial charge is 0.370 e. The molecule has 0 radical (unpaired) electrons. The zero-order valence-corrected chi connectivity index (χ0v) is 15.9. The number of quaternary nitrogens is 1. The Balaban J connectivity index is 0. The average Bonchev–Trinajstić information content (AvgIpc) is 2.47. The highest BCUT2D eigenvalue weighted by Gasteiger charge is 2.23. The summed E-state index contributed by atoms with van der Waals surface area (Å²) in [7, 11) is -1.85. The van der Waals surface area contributed by atoms with Crippen LogP contribution in [-0.2, 0) is 30.9 Å². The molecule has 1 aliphatic heterocycles. The van der Waals surface area contributed by atoms with E-state index in [0.717, 1.165) is 19.6 Å². The van der Waals surface area contributed by atoms with Crippen molar-refractivity contribution in [2.45, 2.75) is 39.5 Å². The minimum absolute atomic E-state index is 0.0648. The van der Waals surface area contributed by atoms with Crippen molar-refractivity contribution in [1.29, 1.82) is 0 Å². The Hall–Kier alpha value is -0.390. The molecule has 1 fully saturated rings. The summed E-state index contributed by atoms with van der Waals surface area (Å²) < 4.78 is 54.8. The third kappa shape index (κ3) is 19.6. The van der Waals surface area contributed by atoms with Crippen molar-refractivity contribution in [2.75, 3.05) is 46.5 Å². The Morgan fingerprint density at radius 3 is 2.00 bits per heavy atom. The topological polar surface area (TPSA) is 107 Å². The molecule has 0 aromatic heterocycles. The molecule has 1 heterocycles. The molecule has 140 valence electrons. The van der Waals surface area contributed by atoms with Crippen LogP contribution in [0.15, 0.2) is 0 Å². The van der Waals surface area contributed by atoms with E-state index in [9.17, 15) is 8.42 Å². The Morgan fingerprint density at radius 1 is 1.13 bits per heavy atom. The number of hydrogen-bond acceptors (Lipinski definition) is 6. The maximum atomic E-state index is 9.84. The lowest BCUT2D eigenvalue weighted by molar-refractivity contribution is -0.917. The van der Waals surface area contributed by atoms with Crippen LogP contribution >= 0.6 is 0 Å². The summed E-state index contributed by atoms with van der Waals surface area (Å²) in [5.74, 6) is 0. The second-order valence-corrected chi connectivity index (χ2v) is 6.65. The number of nitrogens with zero attached hydrogens (tertiary/aromatic N) is 1. The van der Waals surface area contributed by atoms with Crippen LogP contribution in [0.4, 0.5) is 0 Å². The van der Waals surface area contributed by atoms with Crippen molar-refractivity contribution in [3.05, 3.63) is 0 Å². The molecule has 0 saturated carbocycles. The van der Waals surface area contributed by atoms with E-state index >= 15 is 0 Å². The van der Waals surface area contributed by atoms with Crippen LogP contribution in [0.2, 0.25) is 0 Å². The molecule has 0 amide bonds.